The lowest BCUT2D eigenvalue weighted by molar-refractivity contribution is 1.02. The van der Waals surface area contributed by atoms with Crippen molar-refractivity contribution in [1.29, 1.82) is 0 Å². The molecule has 0 saturated heterocycles. The van der Waals surface area contributed by atoms with Gasteiger partial charge in [0.2, 0.25) is 0 Å². The summed E-state index contributed by atoms with van der Waals surface area (Å²) in [4.78, 5) is 6.21. The first-order valence-corrected chi connectivity index (χ1v) is 5.62. The number of hydrogen-bond acceptors (Lipinski definition) is 2. The van der Waals surface area contributed by atoms with E-state index in [1.54, 1.807) is 12.4 Å². The second-order valence-electron chi connectivity index (χ2n) is 3.43. The highest BCUT2D eigenvalue weighted by molar-refractivity contribution is 6.30. The predicted molar refractivity (Wildman–Crippen MR) is 68.4 cm³/mol. The molecule has 0 aliphatic carbocycles. The molecule has 0 saturated carbocycles. The smallest absolute Gasteiger partial charge is 0.0441 e. The topological polar surface area (TPSA) is 16.1 Å². The van der Waals surface area contributed by atoms with Gasteiger partial charge in [-0.15, -0.1) is 0 Å². The molecule has 0 N–H and O–H groups in total. The van der Waals surface area contributed by atoms with Crippen LogP contribution in [0.2, 0.25) is 5.02 Å². The third-order valence-corrected chi connectivity index (χ3v) is 2.65. The molecule has 2 nitrogen and oxygen atoms in total. The van der Waals surface area contributed by atoms with Gasteiger partial charge in [-0.1, -0.05) is 17.7 Å². The number of hydrogen-bond donors (Lipinski definition) is 0. The Hall–Kier alpha value is -1.54. The fourth-order valence-corrected chi connectivity index (χ4v) is 1.87. The molecule has 3 heteroatoms. The average Bonchev–Trinajstić information content (AvgIpc) is 2.31. The zero-order chi connectivity index (χ0) is 11.4. The van der Waals surface area contributed by atoms with Crippen LogP contribution in [0.25, 0.3) is 0 Å². The summed E-state index contributed by atoms with van der Waals surface area (Å²) in [6.07, 6.45) is 3.59. The maximum atomic E-state index is 5.99. The van der Waals surface area contributed by atoms with Crippen molar-refractivity contribution in [3.63, 3.8) is 0 Å². The number of anilines is 2. The van der Waals surface area contributed by atoms with Crippen LogP contribution in [0.5, 0.6) is 0 Å². The molecule has 0 aliphatic rings. The summed E-state index contributed by atoms with van der Waals surface area (Å²) in [6, 6.07) is 11.8. The van der Waals surface area contributed by atoms with Crippen molar-refractivity contribution in [3.05, 3.63) is 53.8 Å². The fraction of sp³-hybridized carbons (Fsp3) is 0.154. The highest BCUT2D eigenvalue weighted by atomic mass is 35.5. The molecule has 0 aliphatic heterocycles. The summed E-state index contributed by atoms with van der Waals surface area (Å²) in [5, 5.41) is 0.755. The lowest BCUT2D eigenvalue weighted by Crippen LogP contribution is -2.15. The molecule has 2 rings (SSSR count). The van der Waals surface area contributed by atoms with Gasteiger partial charge in [0, 0.05) is 35.3 Å². The molecule has 0 fully saturated rings. The lowest BCUT2D eigenvalue weighted by atomic mass is 10.2. The van der Waals surface area contributed by atoms with Crippen molar-refractivity contribution in [2.45, 2.75) is 6.92 Å². The molecular formula is C13H13ClN2. The van der Waals surface area contributed by atoms with Crippen molar-refractivity contribution >= 4 is 23.0 Å². The van der Waals surface area contributed by atoms with E-state index in [0.717, 1.165) is 22.9 Å². The van der Waals surface area contributed by atoms with E-state index in [0.29, 0.717) is 0 Å². The largest absolute Gasteiger partial charge is 0.342 e. The standard InChI is InChI=1S/C13H13ClN2/c1-2-16(12-6-8-15-9-7-12)13-5-3-4-11(14)10-13/h3-10H,2H2,1H3. The molecule has 82 valence electrons. The Labute approximate surface area is 101 Å². The molecular weight excluding hydrogens is 220 g/mol. The van der Waals surface area contributed by atoms with Gasteiger partial charge in [-0.05, 0) is 37.3 Å². The van der Waals surface area contributed by atoms with Crippen LogP contribution >= 0.6 is 11.6 Å². The molecule has 16 heavy (non-hydrogen) atoms. The minimum absolute atomic E-state index is 0.755. The summed E-state index contributed by atoms with van der Waals surface area (Å²) in [5.74, 6) is 0. The minimum atomic E-state index is 0.755. The van der Waals surface area contributed by atoms with Crippen LogP contribution in [0.15, 0.2) is 48.8 Å². The predicted octanol–water partition coefficient (Wildman–Crippen LogP) is 3.89. The van der Waals surface area contributed by atoms with Gasteiger partial charge in [0.05, 0.1) is 0 Å². The number of nitrogens with zero attached hydrogens (tertiary/aromatic N) is 2. The summed E-state index contributed by atoms with van der Waals surface area (Å²) in [6.45, 7) is 3.01. The average molecular weight is 233 g/mol. The maximum absolute atomic E-state index is 5.99. The normalized spacial score (nSPS) is 10.1. The molecule has 0 unspecified atom stereocenters. The summed E-state index contributed by atoms with van der Waals surface area (Å²) in [5.41, 5.74) is 2.22. The van der Waals surface area contributed by atoms with Crippen LogP contribution in [0, 0.1) is 0 Å². The van der Waals surface area contributed by atoms with E-state index >= 15 is 0 Å². The zero-order valence-corrected chi connectivity index (χ0v) is 9.85. The van der Waals surface area contributed by atoms with Crippen LogP contribution in [0.1, 0.15) is 6.92 Å². The highest BCUT2D eigenvalue weighted by Crippen LogP contribution is 2.26. The molecule has 0 atom stereocenters. The molecule has 0 radical (unpaired) electrons. The Bertz CT molecular complexity index is 456. The SMILES string of the molecule is CCN(c1ccncc1)c1cccc(Cl)c1. The van der Waals surface area contributed by atoms with Gasteiger partial charge in [0.15, 0.2) is 0 Å². The monoisotopic (exact) mass is 232 g/mol. The molecule has 0 amide bonds. The van der Waals surface area contributed by atoms with E-state index < -0.39 is 0 Å². The van der Waals surface area contributed by atoms with Crippen molar-refractivity contribution < 1.29 is 0 Å². The van der Waals surface area contributed by atoms with Crippen LogP contribution in [0.4, 0.5) is 11.4 Å². The molecule has 0 bridgehead atoms. The van der Waals surface area contributed by atoms with E-state index in [1.807, 2.05) is 30.3 Å². The van der Waals surface area contributed by atoms with Crippen molar-refractivity contribution in [2.75, 3.05) is 11.4 Å². The van der Waals surface area contributed by atoms with Crippen molar-refractivity contribution in [1.82, 2.24) is 4.98 Å². The number of aromatic nitrogens is 1. The molecule has 0 spiro atoms. The first-order chi connectivity index (χ1) is 7.81. The van der Waals surface area contributed by atoms with E-state index in [1.165, 1.54) is 0 Å². The zero-order valence-electron chi connectivity index (χ0n) is 9.10. The third kappa shape index (κ3) is 2.34. The Morgan fingerprint density at radius 1 is 1.12 bits per heavy atom. The minimum Gasteiger partial charge on any atom is -0.342 e. The fourth-order valence-electron chi connectivity index (χ4n) is 1.68. The van der Waals surface area contributed by atoms with Crippen LogP contribution in [0.3, 0.4) is 0 Å². The van der Waals surface area contributed by atoms with Gasteiger partial charge in [-0.2, -0.15) is 0 Å². The number of benzene rings is 1. The second-order valence-corrected chi connectivity index (χ2v) is 3.87. The first kappa shape index (κ1) is 11.0. The molecule has 1 aromatic carbocycles. The van der Waals surface area contributed by atoms with E-state index in [-0.39, 0.29) is 0 Å². The molecule has 1 aromatic heterocycles. The maximum Gasteiger partial charge on any atom is 0.0441 e. The van der Waals surface area contributed by atoms with E-state index in [4.69, 9.17) is 11.6 Å². The van der Waals surface area contributed by atoms with Gasteiger partial charge in [-0.25, -0.2) is 0 Å². The Morgan fingerprint density at radius 3 is 2.50 bits per heavy atom. The molecule has 2 aromatic rings. The Balaban J connectivity index is 2.37. The third-order valence-electron chi connectivity index (χ3n) is 2.41. The molecule has 1 heterocycles. The van der Waals surface area contributed by atoms with Gasteiger partial charge < -0.3 is 4.90 Å². The number of pyridine rings is 1. The van der Waals surface area contributed by atoms with Gasteiger partial charge >= 0.3 is 0 Å². The van der Waals surface area contributed by atoms with Crippen LogP contribution < -0.4 is 4.90 Å². The number of halogens is 1. The van der Waals surface area contributed by atoms with Crippen LogP contribution in [-0.2, 0) is 0 Å². The van der Waals surface area contributed by atoms with Gasteiger partial charge in [0.1, 0.15) is 0 Å². The van der Waals surface area contributed by atoms with Crippen LogP contribution in [-0.4, -0.2) is 11.5 Å². The quantitative estimate of drug-likeness (QED) is 0.798. The first-order valence-electron chi connectivity index (χ1n) is 5.24. The summed E-state index contributed by atoms with van der Waals surface area (Å²) >= 11 is 5.99. The van der Waals surface area contributed by atoms with E-state index in [2.05, 4.69) is 22.9 Å². The Morgan fingerprint density at radius 2 is 1.88 bits per heavy atom. The van der Waals surface area contributed by atoms with Crippen molar-refractivity contribution in [3.8, 4) is 0 Å². The Kier molecular flexibility index (Phi) is 3.42. The number of rotatable bonds is 3. The van der Waals surface area contributed by atoms with Gasteiger partial charge in [0.25, 0.3) is 0 Å². The van der Waals surface area contributed by atoms with E-state index in [9.17, 15) is 0 Å². The van der Waals surface area contributed by atoms with Gasteiger partial charge in [-0.3, -0.25) is 4.98 Å². The second kappa shape index (κ2) is 4.99. The highest BCUT2D eigenvalue weighted by Gasteiger charge is 2.06. The lowest BCUT2D eigenvalue weighted by Gasteiger charge is -2.23. The summed E-state index contributed by atoms with van der Waals surface area (Å²) < 4.78 is 0. The summed E-state index contributed by atoms with van der Waals surface area (Å²) in [7, 11) is 0. The van der Waals surface area contributed by atoms with Crippen molar-refractivity contribution in [2.24, 2.45) is 0 Å².